The second kappa shape index (κ2) is 4.49. The van der Waals surface area contributed by atoms with Crippen molar-refractivity contribution in [2.75, 3.05) is 25.6 Å². The minimum absolute atomic E-state index is 0.232. The summed E-state index contributed by atoms with van der Waals surface area (Å²) in [4.78, 5) is 0. The number of hydrogen-bond donors (Lipinski definition) is 2. The highest BCUT2D eigenvalue weighted by molar-refractivity contribution is 5.91. The summed E-state index contributed by atoms with van der Waals surface area (Å²) >= 11 is 0. The molecule has 0 saturated carbocycles. The maximum atomic E-state index is 9.00. The maximum Gasteiger partial charge on any atom is 0.132 e. The molecule has 2 aromatic rings. The fourth-order valence-corrected chi connectivity index (χ4v) is 2.48. The van der Waals surface area contributed by atoms with Crippen LogP contribution in [0.15, 0.2) is 18.2 Å². The fourth-order valence-electron chi connectivity index (χ4n) is 2.48. The molecule has 5 heteroatoms. The number of anilines is 1. The van der Waals surface area contributed by atoms with Gasteiger partial charge in [-0.15, -0.1) is 0 Å². The zero-order valence-corrected chi connectivity index (χ0v) is 10.4. The third-order valence-electron chi connectivity index (χ3n) is 3.47. The van der Waals surface area contributed by atoms with Gasteiger partial charge >= 0.3 is 0 Å². The minimum atomic E-state index is 0.232. The molecule has 1 aliphatic rings. The molecular formula is C13H17N3O2. The van der Waals surface area contributed by atoms with E-state index < -0.39 is 0 Å². The second-order valence-electron chi connectivity index (χ2n) is 4.67. The molecule has 18 heavy (non-hydrogen) atoms. The summed E-state index contributed by atoms with van der Waals surface area (Å²) in [6.07, 6.45) is 0.811. The Hall–Kier alpha value is -1.75. The Morgan fingerprint density at radius 1 is 1.56 bits per heavy atom. The number of aliphatic hydroxyl groups is 1. The normalized spacial score (nSPS) is 18.4. The Morgan fingerprint density at radius 2 is 2.44 bits per heavy atom. The zero-order valence-electron chi connectivity index (χ0n) is 10.4. The first-order chi connectivity index (χ1) is 8.81. The fraction of sp³-hybridized carbons (Fsp3) is 0.462. The third-order valence-corrected chi connectivity index (χ3v) is 3.47. The maximum absolute atomic E-state index is 9.00. The number of ether oxygens (including phenoxy) is 1. The molecule has 1 aliphatic heterocycles. The highest BCUT2D eigenvalue weighted by Gasteiger charge is 2.21. The zero-order chi connectivity index (χ0) is 12.5. The number of methoxy groups -OCH3 is 1. The lowest BCUT2D eigenvalue weighted by atomic mass is 10.0. The third kappa shape index (κ3) is 1.80. The van der Waals surface area contributed by atoms with Crippen LogP contribution >= 0.6 is 0 Å². The molecule has 0 spiro atoms. The summed E-state index contributed by atoms with van der Waals surface area (Å²) in [5.74, 6) is 2.34. The van der Waals surface area contributed by atoms with Gasteiger partial charge in [0, 0.05) is 25.1 Å². The smallest absolute Gasteiger partial charge is 0.132 e. The van der Waals surface area contributed by atoms with Crippen LogP contribution in [0.4, 0.5) is 5.82 Å². The predicted octanol–water partition coefficient (Wildman–Crippen LogP) is 1.47. The number of hydrogen-bond acceptors (Lipinski definition) is 4. The van der Waals surface area contributed by atoms with Gasteiger partial charge in [0.2, 0.25) is 0 Å². The lowest BCUT2D eigenvalue weighted by Crippen LogP contribution is -2.28. The van der Waals surface area contributed by atoms with Gasteiger partial charge in [-0.2, -0.15) is 5.10 Å². The molecule has 96 valence electrons. The average molecular weight is 247 g/mol. The second-order valence-corrected chi connectivity index (χ2v) is 4.67. The lowest BCUT2D eigenvalue weighted by molar-refractivity contribution is 0.245. The van der Waals surface area contributed by atoms with E-state index in [-0.39, 0.29) is 6.61 Å². The molecule has 5 nitrogen and oxygen atoms in total. The van der Waals surface area contributed by atoms with Gasteiger partial charge in [-0.25, -0.2) is 4.68 Å². The number of fused-ring (bicyclic) bond motifs is 3. The molecule has 0 amide bonds. The Balaban J connectivity index is 1.99. The molecule has 3 rings (SSSR count). The van der Waals surface area contributed by atoms with Gasteiger partial charge < -0.3 is 15.2 Å². The van der Waals surface area contributed by atoms with Crippen molar-refractivity contribution in [3.05, 3.63) is 18.2 Å². The summed E-state index contributed by atoms with van der Waals surface area (Å²) < 4.78 is 7.24. The standard InChI is InChI=1S/C13H17N3O2/c1-18-10-2-3-12-11(6-10)13-14-7-9(4-5-17)8-16(13)15-12/h2-3,6,9,14,17H,4-5,7-8H2,1H3. The molecule has 2 heterocycles. The number of rotatable bonds is 3. The van der Waals surface area contributed by atoms with E-state index in [1.54, 1.807) is 7.11 Å². The van der Waals surface area contributed by atoms with E-state index in [1.807, 2.05) is 22.9 Å². The van der Waals surface area contributed by atoms with Crippen LogP contribution in [0.5, 0.6) is 5.75 Å². The van der Waals surface area contributed by atoms with Gasteiger partial charge in [-0.05, 0) is 30.5 Å². The van der Waals surface area contributed by atoms with Crippen molar-refractivity contribution in [2.45, 2.75) is 13.0 Å². The highest BCUT2D eigenvalue weighted by atomic mass is 16.5. The van der Waals surface area contributed by atoms with Crippen LogP contribution in [0.3, 0.4) is 0 Å². The van der Waals surface area contributed by atoms with Crippen molar-refractivity contribution in [3.63, 3.8) is 0 Å². The molecule has 0 fully saturated rings. The van der Waals surface area contributed by atoms with Crippen LogP contribution < -0.4 is 10.1 Å². The monoisotopic (exact) mass is 247 g/mol. The van der Waals surface area contributed by atoms with Crippen molar-refractivity contribution >= 4 is 16.7 Å². The number of aliphatic hydroxyl groups excluding tert-OH is 1. The van der Waals surface area contributed by atoms with Crippen molar-refractivity contribution in [2.24, 2.45) is 5.92 Å². The van der Waals surface area contributed by atoms with Gasteiger partial charge in [-0.1, -0.05) is 0 Å². The molecule has 1 unspecified atom stereocenters. The van der Waals surface area contributed by atoms with Crippen molar-refractivity contribution in [1.82, 2.24) is 9.78 Å². The summed E-state index contributed by atoms with van der Waals surface area (Å²) in [5, 5.41) is 18.1. The van der Waals surface area contributed by atoms with Crippen LogP contribution in [-0.4, -0.2) is 35.1 Å². The molecule has 1 atom stereocenters. The van der Waals surface area contributed by atoms with E-state index in [2.05, 4.69) is 10.4 Å². The summed E-state index contributed by atoms with van der Waals surface area (Å²) in [7, 11) is 1.67. The molecule has 1 aromatic heterocycles. The number of benzene rings is 1. The molecular weight excluding hydrogens is 230 g/mol. The molecule has 0 bridgehead atoms. The summed E-state index contributed by atoms with van der Waals surface area (Å²) in [6, 6.07) is 5.91. The first-order valence-corrected chi connectivity index (χ1v) is 6.21. The Morgan fingerprint density at radius 3 is 3.22 bits per heavy atom. The first-order valence-electron chi connectivity index (χ1n) is 6.21. The molecule has 0 saturated heterocycles. The van der Waals surface area contributed by atoms with Gasteiger partial charge in [0.1, 0.15) is 11.6 Å². The topological polar surface area (TPSA) is 59.3 Å². The van der Waals surface area contributed by atoms with E-state index in [4.69, 9.17) is 9.84 Å². The average Bonchev–Trinajstić information content (AvgIpc) is 2.75. The largest absolute Gasteiger partial charge is 0.497 e. The number of nitrogens with one attached hydrogen (secondary N) is 1. The summed E-state index contributed by atoms with van der Waals surface area (Å²) in [5.41, 5.74) is 0.975. The van der Waals surface area contributed by atoms with E-state index in [0.29, 0.717) is 5.92 Å². The van der Waals surface area contributed by atoms with Crippen LogP contribution in [0.2, 0.25) is 0 Å². The highest BCUT2D eigenvalue weighted by Crippen LogP contribution is 2.30. The molecule has 2 N–H and O–H groups in total. The number of nitrogens with zero attached hydrogens (tertiary/aromatic N) is 2. The Labute approximate surface area is 105 Å². The van der Waals surface area contributed by atoms with Crippen LogP contribution in [0.1, 0.15) is 6.42 Å². The van der Waals surface area contributed by atoms with Crippen LogP contribution in [0, 0.1) is 5.92 Å². The van der Waals surface area contributed by atoms with E-state index in [0.717, 1.165) is 42.0 Å². The van der Waals surface area contributed by atoms with Crippen LogP contribution in [0.25, 0.3) is 10.9 Å². The lowest BCUT2D eigenvalue weighted by Gasteiger charge is -2.24. The first kappa shape index (κ1) is 11.3. The van der Waals surface area contributed by atoms with E-state index in [9.17, 15) is 0 Å². The molecule has 1 aromatic carbocycles. The summed E-state index contributed by atoms with van der Waals surface area (Å²) in [6.45, 7) is 1.98. The van der Waals surface area contributed by atoms with Crippen LogP contribution in [-0.2, 0) is 6.54 Å². The van der Waals surface area contributed by atoms with Gasteiger partial charge in [0.05, 0.1) is 12.6 Å². The molecule has 0 radical (unpaired) electrons. The Bertz CT molecular complexity index is 565. The van der Waals surface area contributed by atoms with Crippen molar-refractivity contribution in [1.29, 1.82) is 0 Å². The molecule has 0 aliphatic carbocycles. The van der Waals surface area contributed by atoms with Crippen molar-refractivity contribution in [3.8, 4) is 5.75 Å². The minimum Gasteiger partial charge on any atom is -0.497 e. The van der Waals surface area contributed by atoms with Crippen molar-refractivity contribution < 1.29 is 9.84 Å². The van der Waals surface area contributed by atoms with Gasteiger partial charge in [0.15, 0.2) is 0 Å². The van der Waals surface area contributed by atoms with Gasteiger partial charge in [-0.3, -0.25) is 0 Å². The predicted molar refractivity (Wildman–Crippen MR) is 70.0 cm³/mol. The van der Waals surface area contributed by atoms with E-state index >= 15 is 0 Å². The number of aromatic nitrogens is 2. The van der Waals surface area contributed by atoms with Gasteiger partial charge in [0.25, 0.3) is 0 Å². The Kier molecular flexibility index (Phi) is 2.83. The quantitative estimate of drug-likeness (QED) is 0.862. The SMILES string of the molecule is COc1ccc2nn3c(c2c1)NCC(CCO)C3. The van der Waals surface area contributed by atoms with E-state index in [1.165, 1.54) is 0 Å².